The summed E-state index contributed by atoms with van der Waals surface area (Å²) in [5, 5.41) is 0. The first-order chi connectivity index (χ1) is 7.97. The van der Waals surface area contributed by atoms with Crippen LogP contribution in [-0.2, 0) is 0 Å². The molecular weight excluding hydrogens is 265 g/mol. The van der Waals surface area contributed by atoms with Crippen molar-refractivity contribution in [1.29, 1.82) is 0 Å². The molecule has 0 heterocycles. The van der Waals surface area contributed by atoms with Crippen molar-refractivity contribution in [3.05, 3.63) is 53.1 Å². The fourth-order valence-corrected chi connectivity index (χ4v) is 8.90. The summed E-state index contributed by atoms with van der Waals surface area (Å²) in [4.78, 5) is 0. The standard InChI is InChI=1S/C16H22Ge/c1-12-11-16(4,14(3)13(12)2)17(5)15-9-7-6-8-10-15/h6-11,17H,1-5H3. The fraction of sp³-hybridized carbons (Fsp3) is 0.375. The van der Waals surface area contributed by atoms with E-state index in [1.165, 1.54) is 11.1 Å². The van der Waals surface area contributed by atoms with Crippen LogP contribution in [0.5, 0.6) is 0 Å². The van der Waals surface area contributed by atoms with Gasteiger partial charge in [-0.1, -0.05) is 0 Å². The fourth-order valence-electron chi connectivity index (χ4n) is 2.90. The summed E-state index contributed by atoms with van der Waals surface area (Å²) in [6, 6.07) is 11.1. The Morgan fingerprint density at radius 3 is 2.06 bits per heavy atom. The molecule has 0 fully saturated rings. The van der Waals surface area contributed by atoms with E-state index < -0.39 is 14.3 Å². The van der Waals surface area contributed by atoms with Crippen molar-refractivity contribution in [2.45, 2.75) is 37.7 Å². The van der Waals surface area contributed by atoms with Crippen molar-refractivity contribution in [3.8, 4) is 0 Å². The first kappa shape index (κ1) is 12.7. The molecule has 1 heteroatoms. The average molecular weight is 287 g/mol. The van der Waals surface area contributed by atoms with Crippen LogP contribution in [0.25, 0.3) is 0 Å². The summed E-state index contributed by atoms with van der Waals surface area (Å²) in [7, 11) is 0. The number of hydrogen-bond donors (Lipinski definition) is 0. The molecule has 2 atom stereocenters. The van der Waals surface area contributed by atoms with E-state index in [0.717, 1.165) is 0 Å². The molecule has 0 amide bonds. The van der Waals surface area contributed by atoms with E-state index in [2.05, 4.69) is 69.9 Å². The summed E-state index contributed by atoms with van der Waals surface area (Å²) < 4.78 is 1.98. The quantitative estimate of drug-likeness (QED) is 0.726. The number of allylic oxidation sites excluding steroid dienone is 4. The summed E-state index contributed by atoms with van der Waals surface area (Å²) in [6.45, 7) is 9.30. The van der Waals surface area contributed by atoms with Crippen LogP contribution < -0.4 is 4.40 Å². The predicted molar refractivity (Wildman–Crippen MR) is 79.6 cm³/mol. The molecule has 17 heavy (non-hydrogen) atoms. The summed E-state index contributed by atoms with van der Waals surface area (Å²) in [6.07, 6.45) is 2.52. The maximum atomic E-state index is 2.52. The number of benzene rings is 1. The Bertz CT molecular complexity index is 482. The zero-order chi connectivity index (χ0) is 12.6. The van der Waals surface area contributed by atoms with Gasteiger partial charge in [-0.25, -0.2) is 0 Å². The van der Waals surface area contributed by atoms with Gasteiger partial charge in [-0.2, -0.15) is 0 Å². The van der Waals surface area contributed by atoms with E-state index in [1.807, 2.05) is 0 Å². The van der Waals surface area contributed by atoms with Gasteiger partial charge in [-0.3, -0.25) is 0 Å². The van der Waals surface area contributed by atoms with Gasteiger partial charge in [0.2, 0.25) is 0 Å². The number of hydrogen-bond acceptors (Lipinski definition) is 0. The summed E-state index contributed by atoms with van der Waals surface area (Å²) in [5.41, 5.74) is 4.60. The van der Waals surface area contributed by atoms with Crippen LogP contribution in [0.3, 0.4) is 0 Å². The maximum absolute atomic E-state index is 2.52. The van der Waals surface area contributed by atoms with E-state index in [0.29, 0.717) is 4.25 Å². The van der Waals surface area contributed by atoms with Gasteiger partial charge in [0, 0.05) is 0 Å². The van der Waals surface area contributed by atoms with Crippen molar-refractivity contribution in [2.75, 3.05) is 0 Å². The minimum absolute atomic E-state index is 0.364. The molecule has 1 aliphatic carbocycles. The van der Waals surface area contributed by atoms with Crippen molar-refractivity contribution in [3.63, 3.8) is 0 Å². The third-order valence-electron chi connectivity index (χ3n) is 4.68. The zero-order valence-corrected chi connectivity index (χ0v) is 14.0. The van der Waals surface area contributed by atoms with Crippen molar-refractivity contribution in [1.82, 2.24) is 0 Å². The van der Waals surface area contributed by atoms with Crippen molar-refractivity contribution in [2.24, 2.45) is 0 Å². The van der Waals surface area contributed by atoms with Gasteiger partial charge in [0.25, 0.3) is 0 Å². The van der Waals surface area contributed by atoms with Crippen molar-refractivity contribution < 1.29 is 0 Å². The molecule has 0 nitrogen and oxygen atoms in total. The molecule has 0 radical (unpaired) electrons. The molecule has 0 spiro atoms. The Morgan fingerprint density at radius 1 is 1.00 bits per heavy atom. The Kier molecular flexibility index (Phi) is 3.35. The van der Waals surface area contributed by atoms with Gasteiger partial charge in [-0.15, -0.1) is 0 Å². The molecule has 1 aliphatic rings. The van der Waals surface area contributed by atoms with Crippen molar-refractivity contribution >= 4 is 18.7 Å². The molecule has 0 N–H and O–H groups in total. The van der Waals surface area contributed by atoms with E-state index in [-0.39, 0.29) is 0 Å². The first-order valence-electron chi connectivity index (χ1n) is 6.39. The third-order valence-corrected chi connectivity index (χ3v) is 12.6. The van der Waals surface area contributed by atoms with Gasteiger partial charge >= 0.3 is 110 Å². The van der Waals surface area contributed by atoms with Crippen LogP contribution in [0.1, 0.15) is 27.7 Å². The molecule has 90 valence electrons. The molecule has 0 saturated heterocycles. The molecule has 1 aromatic rings. The zero-order valence-electron chi connectivity index (χ0n) is 11.5. The van der Waals surface area contributed by atoms with E-state index >= 15 is 0 Å². The van der Waals surface area contributed by atoms with Crippen LogP contribution >= 0.6 is 0 Å². The van der Waals surface area contributed by atoms with Gasteiger partial charge < -0.3 is 0 Å². The second-order valence-electron chi connectivity index (χ2n) is 5.49. The Labute approximate surface area is 110 Å². The van der Waals surface area contributed by atoms with Gasteiger partial charge in [0.15, 0.2) is 0 Å². The molecular formula is C16H22Ge. The van der Waals surface area contributed by atoms with Crippen LogP contribution in [0, 0.1) is 0 Å². The van der Waals surface area contributed by atoms with E-state index in [4.69, 9.17) is 0 Å². The Morgan fingerprint density at radius 2 is 1.59 bits per heavy atom. The van der Waals surface area contributed by atoms with Crippen LogP contribution in [0.4, 0.5) is 0 Å². The summed E-state index contributed by atoms with van der Waals surface area (Å²) >= 11 is -1.53. The van der Waals surface area contributed by atoms with Gasteiger partial charge in [-0.05, 0) is 0 Å². The Hall–Kier alpha value is -0.757. The molecule has 0 aromatic heterocycles. The third kappa shape index (κ3) is 2.04. The van der Waals surface area contributed by atoms with E-state index in [1.54, 1.807) is 9.97 Å². The second-order valence-corrected chi connectivity index (χ2v) is 12.4. The Balaban J connectivity index is 2.43. The van der Waals surface area contributed by atoms with Crippen LogP contribution in [-0.4, -0.2) is 14.3 Å². The molecule has 2 unspecified atom stereocenters. The summed E-state index contributed by atoms with van der Waals surface area (Å²) in [5.74, 6) is 2.52. The normalized spacial score (nSPS) is 26.1. The monoisotopic (exact) mass is 288 g/mol. The SMILES string of the molecule is CC1=C[C](C)([GeH]([CH3])[c]2ccccc2)C(C)=C1C. The average Bonchev–Trinajstić information content (AvgIpc) is 2.55. The molecule has 0 saturated carbocycles. The van der Waals surface area contributed by atoms with Crippen LogP contribution in [0.2, 0.25) is 10.0 Å². The first-order valence-corrected chi connectivity index (χ1v) is 11.2. The second kappa shape index (κ2) is 4.49. The molecule has 0 bridgehead atoms. The number of rotatable bonds is 2. The predicted octanol–water partition coefficient (Wildman–Crippen LogP) is 3.81. The molecule has 2 rings (SSSR count). The topological polar surface area (TPSA) is 0 Å². The molecule has 1 aromatic carbocycles. The molecule has 0 aliphatic heterocycles. The van der Waals surface area contributed by atoms with Gasteiger partial charge in [0.1, 0.15) is 0 Å². The van der Waals surface area contributed by atoms with Gasteiger partial charge in [0.05, 0.1) is 0 Å². The van der Waals surface area contributed by atoms with Crippen LogP contribution in [0.15, 0.2) is 53.1 Å². The van der Waals surface area contributed by atoms with E-state index in [9.17, 15) is 0 Å². The minimum atomic E-state index is -1.53.